The lowest BCUT2D eigenvalue weighted by Crippen LogP contribution is -2.46. The molecule has 1 unspecified atom stereocenters. The van der Waals surface area contributed by atoms with E-state index < -0.39 is 0 Å². The summed E-state index contributed by atoms with van der Waals surface area (Å²) in [5, 5.41) is 0. The Morgan fingerprint density at radius 2 is 1.92 bits per heavy atom. The number of anilines is 2. The van der Waals surface area contributed by atoms with Gasteiger partial charge in [0.25, 0.3) is 5.91 Å². The van der Waals surface area contributed by atoms with Crippen molar-refractivity contribution in [2.24, 2.45) is 0 Å². The van der Waals surface area contributed by atoms with Crippen molar-refractivity contribution in [2.75, 3.05) is 42.5 Å². The molecule has 1 fully saturated rings. The number of amides is 1. The highest BCUT2D eigenvalue weighted by Crippen LogP contribution is 2.33. The van der Waals surface area contributed by atoms with E-state index >= 15 is 0 Å². The second-order valence-corrected chi connectivity index (χ2v) is 7.04. The molecule has 1 aromatic heterocycles. The zero-order valence-electron chi connectivity index (χ0n) is 15.4. The lowest BCUT2D eigenvalue weighted by molar-refractivity contribution is 0.0976. The zero-order valence-corrected chi connectivity index (χ0v) is 15.4. The van der Waals surface area contributed by atoms with Gasteiger partial charge in [-0.15, -0.1) is 0 Å². The third kappa shape index (κ3) is 3.05. The van der Waals surface area contributed by atoms with E-state index in [1.165, 1.54) is 11.9 Å². The average molecular weight is 351 g/mol. The summed E-state index contributed by atoms with van der Waals surface area (Å²) >= 11 is 0. The largest absolute Gasteiger partial charge is 0.354 e. The molecule has 4 rings (SSSR count). The lowest BCUT2D eigenvalue weighted by atomic mass is 10.1. The molecule has 6 nitrogen and oxygen atoms in total. The van der Waals surface area contributed by atoms with Crippen LogP contribution in [0, 0.1) is 0 Å². The van der Waals surface area contributed by atoms with Crippen molar-refractivity contribution in [1.29, 1.82) is 0 Å². The molecule has 26 heavy (non-hydrogen) atoms. The summed E-state index contributed by atoms with van der Waals surface area (Å²) in [6, 6.07) is 10.1. The van der Waals surface area contributed by atoms with Gasteiger partial charge in [-0.25, -0.2) is 9.97 Å². The highest BCUT2D eigenvalue weighted by molar-refractivity contribution is 6.06. The molecule has 136 valence electrons. The number of piperazine rings is 1. The smallest absolute Gasteiger partial charge is 0.277 e. The Kier molecular flexibility index (Phi) is 4.59. The fraction of sp³-hybridized carbons (Fsp3) is 0.450. The van der Waals surface area contributed by atoms with Crippen LogP contribution in [0.3, 0.4) is 0 Å². The van der Waals surface area contributed by atoms with E-state index in [1.807, 2.05) is 29.2 Å². The van der Waals surface area contributed by atoms with Crippen molar-refractivity contribution < 1.29 is 4.79 Å². The molecular formula is C20H25N5O. The van der Waals surface area contributed by atoms with Crippen LogP contribution in [0.5, 0.6) is 0 Å². The first-order valence-corrected chi connectivity index (χ1v) is 9.38. The Labute approximate surface area is 154 Å². The summed E-state index contributed by atoms with van der Waals surface area (Å²) < 4.78 is 0. The highest BCUT2D eigenvalue weighted by Gasteiger charge is 2.32. The van der Waals surface area contributed by atoms with Crippen molar-refractivity contribution in [3.05, 3.63) is 47.9 Å². The Morgan fingerprint density at radius 3 is 2.69 bits per heavy atom. The Bertz CT molecular complexity index is 800. The first-order chi connectivity index (χ1) is 12.7. The van der Waals surface area contributed by atoms with E-state index in [0.29, 0.717) is 5.69 Å². The molecule has 1 amide bonds. The monoisotopic (exact) mass is 351 g/mol. The van der Waals surface area contributed by atoms with Crippen LogP contribution in [0.15, 0.2) is 36.7 Å². The molecule has 0 saturated carbocycles. The summed E-state index contributed by atoms with van der Waals surface area (Å²) in [6.45, 7) is 9.27. The van der Waals surface area contributed by atoms with Crippen LogP contribution >= 0.6 is 0 Å². The van der Waals surface area contributed by atoms with Crippen LogP contribution in [0.2, 0.25) is 0 Å². The first kappa shape index (κ1) is 17.0. The minimum atomic E-state index is -0.0432. The normalized spacial score (nSPS) is 20.3. The molecule has 2 aliphatic heterocycles. The fourth-order valence-corrected chi connectivity index (χ4v) is 3.93. The first-order valence-electron chi connectivity index (χ1n) is 9.38. The summed E-state index contributed by atoms with van der Waals surface area (Å²) in [7, 11) is 0. The van der Waals surface area contributed by atoms with Crippen molar-refractivity contribution >= 4 is 17.4 Å². The van der Waals surface area contributed by atoms with E-state index in [0.717, 1.165) is 50.6 Å². The standard InChI is InChI=1S/C20H25N5O/c1-3-23-8-10-24(11-9-23)19-13-17(21-14-22-19)20(26)25-15(2)12-16-6-4-5-7-18(16)25/h4-7,13-15H,3,8-12H2,1-2H3. The van der Waals surface area contributed by atoms with Crippen molar-refractivity contribution in [1.82, 2.24) is 14.9 Å². The van der Waals surface area contributed by atoms with E-state index in [2.05, 4.69) is 39.7 Å². The second-order valence-electron chi connectivity index (χ2n) is 7.04. The number of hydrogen-bond acceptors (Lipinski definition) is 5. The molecule has 1 saturated heterocycles. The molecule has 2 aromatic rings. The van der Waals surface area contributed by atoms with E-state index in [4.69, 9.17) is 0 Å². The fourth-order valence-electron chi connectivity index (χ4n) is 3.93. The van der Waals surface area contributed by atoms with Gasteiger partial charge in [0, 0.05) is 44.0 Å². The maximum Gasteiger partial charge on any atom is 0.277 e. The van der Waals surface area contributed by atoms with Gasteiger partial charge in [-0.05, 0) is 31.5 Å². The number of para-hydroxylation sites is 1. The minimum Gasteiger partial charge on any atom is -0.354 e. The molecule has 0 spiro atoms. The number of rotatable bonds is 3. The minimum absolute atomic E-state index is 0.0432. The Morgan fingerprint density at radius 1 is 1.15 bits per heavy atom. The van der Waals surface area contributed by atoms with Crippen LogP contribution in [-0.4, -0.2) is 59.5 Å². The highest BCUT2D eigenvalue weighted by atomic mass is 16.2. The summed E-state index contributed by atoms with van der Waals surface area (Å²) in [5.41, 5.74) is 2.69. The summed E-state index contributed by atoms with van der Waals surface area (Å²) in [4.78, 5) is 28.4. The van der Waals surface area contributed by atoms with Gasteiger partial charge in [0.15, 0.2) is 0 Å². The third-order valence-electron chi connectivity index (χ3n) is 5.44. The van der Waals surface area contributed by atoms with Gasteiger partial charge >= 0.3 is 0 Å². The number of nitrogens with zero attached hydrogens (tertiary/aromatic N) is 5. The second kappa shape index (κ2) is 7.03. The van der Waals surface area contributed by atoms with Gasteiger partial charge in [-0.2, -0.15) is 0 Å². The number of carbonyl (C=O) groups excluding carboxylic acids is 1. The van der Waals surface area contributed by atoms with E-state index in [1.54, 1.807) is 0 Å². The van der Waals surface area contributed by atoms with E-state index in [9.17, 15) is 4.79 Å². The summed E-state index contributed by atoms with van der Waals surface area (Å²) in [6.07, 6.45) is 2.40. The Balaban J connectivity index is 1.56. The van der Waals surface area contributed by atoms with Crippen LogP contribution in [-0.2, 0) is 6.42 Å². The van der Waals surface area contributed by atoms with Gasteiger partial charge in [0.2, 0.25) is 0 Å². The molecule has 6 heteroatoms. The average Bonchev–Trinajstić information content (AvgIpc) is 3.03. The number of benzene rings is 1. The van der Waals surface area contributed by atoms with Crippen LogP contribution in [0.4, 0.5) is 11.5 Å². The van der Waals surface area contributed by atoms with Gasteiger partial charge in [-0.3, -0.25) is 4.79 Å². The maximum atomic E-state index is 13.2. The number of carbonyl (C=O) groups is 1. The Hall–Kier alpha value is -2.47. The van der Waals surface area contributed by atoms with Crippen LogP contribution in [0.1, 0.15) is 29.9 Å². The third-order valence-corrected chi connectivity index (χ3v) is 5.44. The number of aromatic nitrogens is 2. The molecule has 0 N–H and O–H groups in total. The molecular weight excluding hydrogens is 326 g/mol. The van der Waals surface area contributed by atoms with Crippen LogP contribution in [0.25, 0.3) is 0 Å². The number of fused-ring (bicyclic) bond motifs is 1. The van der Waals surface area contributed by atoms with Crippen molar-refractivity contribution in [3.63, 3.8) is 0 Å². The van der Waals surface area contributed by atoms with Gasteiger partial charge < -0.3 is 14.7 Å². The molecule has 0 radical (unpaired) electrons. The number of hydrogen-bond donors (Lipinski definition) is 0. The van der Waals surface area contributed by atoms with Crippen molar-refractivity contribution in [2.45, 2.75) is 26.3 Å². The van der Waals surface area contributed by atoms with Gasteiger partial charge in [0.05, 0.1) is 0 Å². The topological polar surface area (TPSA) is 52.6 Å². The van der Waals surface area contributed by atoms with E-state index in [-0.39, 0.29) is 11.9 Å². The molecule has 3 heterocycles. The molecule has 1 aromatic carbocycles. The summed E-state index contributed by atoms with van der Waals surface area (Å²) in [5.74, 6) is 0.803. The van der Waals surface area contributed by atoms with Crippen LogP contribution < -0.4 is 9.80 Å². The molecule has 1 atom stereocenters. The van der Waals surface area contributed by atoms with Gasteiger partial charge in [0.1, 0.15) is 17.8 Å². The van der Waals surface area contributed by atoms with Gasteiger partial charge in [-0.1, -0.05) is 25.1 Å². The number of likely N-dealkylation sites (N-methyl/N-ethyl adjacent to an activating group) is 1. The predicted octanol–water partition coefficient (Wildman–Crippen LogP) is 2.21. The van der Waals surface area contributed by atoms with Crippen molar-refractivity contribution in [3.8, 4) is 0 Å². The SMILES string of the molecule is CCN1CCN(c2cc(C(=O)N3c4ccccc4CC3C)ncn2)CC1. The zero-order chi connectivity index (χ0) is 18.1. The lowest BCUT2D eigenvalue weighted by Gasteiger charge is -2.34. The quantitative estimate of drug-likeness (QED) is 0.849. The molecule has 2 aliphatic rings. The molecule has 0 bridgehead atoms. The maximum absolute atomic E-state index is 13.2. The molecule has 0 aliphatic carbocycles. The predicted molar refractivity (Wildman–Crippen MR) is 103 cm³/mol.